The molecule has 1 aromatic carbocycles. The molecule has 4 nitrogen and oxygen atoms in total. The first-order valence-electron chi connectivity index (χ1n) is 9.86. The predicted octanol–water partition coefficient (Wildman–Crippen LogP) is 4.99. The highest BCUT2D eigenvalue weighted by molar-refractivity contribution is 7.49. The molecule has 0 aliphatic rings. The number of nitrogens with zero attached hydrogens (tertiary/aromatic N) is 1. The summed E-state index contributed by atoms with van der Waals surface area (Å²) in [7, 11) is 2.18. The van der Waals surface area contributed by atoms with Crippen LogP contribution in [0.5, 0.6) is 5.75 Å². The van der Waals surface area contributed by atoms with Crippen molar-refractivity contribution in [2.75, 3.05) is 13.7 Å². The molecule has 2 atom stereocenters. The van der Waals surface area contributed by atoms with Crippen molar-refractivity contribution >= 4 is 20.2 Å². The molecule has 0 bridgehead atoms. The van der Waals surface area contributed by atoms with E-state index in [1.807, 2.05) is 26.0 Å². The van der Waals surface area contributed by atoms with E-state index in [2.05, 4.69) is 46.8 Å². The van der Waals surface area contributed by atoms with E-state index in [1.165, 1.54) is 0 Å². The minimum Gasteiger partial charge on any atom is -0.496 e. The molecule has 5 heteroatoms. The van der Waals surface area contributed by atoms with Crippen LogP contribution in [0.3, 0.4) is 0 Å². The molecule has 2 unspecified atom stereocenters. The van der Waals surface area contributed by atoms with Crippen LogP contribution in [-0.4, -0.2) is 30.8 Å². The third-order valence-corrected chi connectivity index (χ3v) is 6.40. The van der Waals surface area contributed by atoms with Crippen LogP contribution in [0.1, 0.15) is 66.9 Å². The first-order valence-corrected chi connectivity index (χ1v) is 10.9. The fraction of sp³-hybridized carbons (Fsp3) is 0.652. The molecule has 0 amide bonds. The van der Waals surface area contributed by atoms with E-state index in [9.17, 15) is 10.1 Å². The van der Waals surface area contributed by atoms with Crippen molar-refractivity contribution in [1.82, 2.24) is 0 Å². The molecule has 28 heavy (non-hydrogen) atoms. The Hall–Kier alpha value is -1.43. The highest BCUT2D eigenvalue weighted by atomic mass is 31.1. The topological polar surface area (TPSA) is 59.3 Å². The number of benzene rings is 1. The Labute approximate surface area is 172 Å². The van der Waals surface area contributed by atoms with Crippen molar-refractivity contribution in [3.05, 3.63) is 23.8 Å². The predicted molar refractivity (Wildman–Crippen MR) is 118 cm³/mol. The third kappa shape index (κ3) is 6.57. The molecule has 0 saturated carbocycles. The maximum atomic E-state index is 10.9. The van der Waals surface area contributed by atoms with Crippen molar-refractivity contribution in [2.24, 2.45) is 5.92 Å². The highest BCUT2D eigenvalue weighted by Gasteiger charge is 2.36. The summed E-state index contributed by atoms with van der Waals surface area (Å²) in [6, 6.07) is 8.57. The van der Waals surface area contributed by atoms with Gasteiger partial charge in [-0.1, -0.05) is 48.4 Å². The lowest BCUT2D eigenvalue weighted by Gasteiger charge is -2.32. The summed E-state index contributed by atoms with van der Waals surface area (Å²) in [4.78, 5) is 10.9. The molecule has 0 heterocycles. The zero-order valence-electron chi connectivity index (χ0n) is 18.7. The molecule has 0 aromatic heterocycles. The Kier molecular flexibility index (Phi) is 8.66. The Balaban J connectivity index is 3.21. The second kappa shape index (κ2) is 9.86. The molecule has 0 radical (unpaired) electrons. The van der Waals surface area contributed by atoms with Gasteiger partial charge in [-0.15, -0.1) is 0 Å². The lowest BCUT2D eigenvalue weighted by atomic mass is 9.70. The molecule has 0 spiro atoms. The summed E-state index contributed by atoms with van der Waals surface area (Å²) >= 11 is 0. The monoisotopic (exact) mass is 405 g/mol. The van der Waals surface area contributed by atoms with Crippen LogP contribution >= 0.6 is 8.58 Å². The molecule has 1 aromatic rings. The van der Waals surface area contributed by atoms with Crippen LogP contribution in [0.25, 0.3) is 0 Å². The maximum Gasteiger partial charge on any atom is 0.126 e. The van der Waals surface area contributed by atoms with Crippen molar-refractivity contribution in [3.63, 3.8) is 0 Å². The van der Waals surface area contributed by atoms with Gasteiger partial charge in [-0.3, -0.25) is 0 Å². The van der Waals surface area contributed by atoms with E-state index in [0.29, 0.717) is 28.0 Å². The highest BCUT2D eigenvalue weighted by Crippen LogP contribution is 2.40. The number of nitriles is 1. The van der Waals surface area contributed by atoms with Crippen molar-refractivity contribution in [1.29, 1.82) is 5.26 Å². The lowest BCUT2D eigenvalue weighted by Crippen LogP contribution is -2.32. The normalized spacial score (nSPS) is 14.9. The maximum absolute atomic E-state index is 10.9. The molecule has 0 aliphatic carbocycles. The van der Waals surface area contributed by atoms with Crippen molar-refractivity contribution < 1.29 is 14.3 Å². The van der Waals surface area contributed by atoms with Gasteiger partial charge in [0.1, 0.15) is 12.0 Å². The Morgan fingerprint density at radius 1 is 1.21 bits per heavy atom. The average Bonchev–Trinajstić information content (AvgIpc) is 2.61. The molecular weight excluding hydrogens is 369 g/mol. The number of hydrogen-bond acceptors (Lipinski definition) is 4. The SMILES string of the molecule is COc1cc(C(C#N)(CCC=O)C(C)C)ccc1PC(C)(C)COC(C)(C)C. The molecule has 0 saturated heterocycles. The van der Waals surface area contributed by atoms with Crippen LogP contribution < -0.4 is 10.0 Å². The summed E-state index contributed by atoms with van der Waals surface area (Å²) in [5.74, 6) is 0.887. The minimum absolute atomic E-state index is 0.0238. The van der Waals surface area contributed by atoms with Crippen molar-refractivity contribution in [2.45, 2.75) is 77.5 Å². The number of methoxy groups -OCH3 is 1. The number of ether oxygens (including phenoxy) is 2. The van der Waals surface area contributed by atoms with Crippen LogP contribution in [0, 0.1) is 17.2 Å². The van der Waals surface area contributed by atoms with E-state index in [0.717, 1.165) is 22.9 Å². The van der Waals surface area contributed by atoms with E-state index in [1.54, 1.807) is 7.11 Å². The first kappa shape index (κ1) is 24.6. The van der Waals surface area contributed by atoms with Gasteiger partial charge in [-0.25, -0.2) is 0 Å². The van der Waals surface area contributed by atoms with Gasteiger partial charge in [0, 0.05) is 16.9 Å². The summed E-state index contributed by atoms with van der Waals surface area (Å²) in [6.07, 6.45) is 1.77. The quantitative estimate of drug-likeness (QED) is 0.406. The average molecular weight is 406 g/mol. The summed E-state index contributed by atoms with van der Waals surface area (Å²) in [5.41, 5.74) is 0.0551. The van der Waals surface area contributed by atoms with Crippen LogP contribution in [-0.2, 0) is 14.9 Å². The number of carbonyl (C=O) groups is 1. The van der Waals surface area contributed by atoms with Crippen molar-refractivity contribution in [3.8, 4) is 11.8 Å². The van der Waals surface area contributed by atoms with E-state index >= 15 is 0 Å². The number of carbonyl (C=O) groups excluding carboxylic acids is 1. The van der Waals surface area contributed by atoms with Gasteiger partial charge in [-0.05, 0) is 44.7 Å². The Morgan fingerprint density at radius 3 is 2.32 bits per heavy atom. The second-order valence-corrected chi connectivity index (χ2v) is 11.4. The first-order chi connectivity index (χ1) is 12.9. The summed E-state index contributed by atoms with van der Waals surface area (Å²) < 4.78 is 11.7. The number of hydrogen-bond donors (Lipinski definition) is 0. The largest absolute Gasteiger partial charge is 0.496 e. The molecular formula is C23H36NO3P. The van der Waals surface area contributed by atoms with Crippen LogP contribution in [0.15, 0.2) is 18.2 Å². The fourth-order valence-electron chi connectivity index (χ4n) is 3.17. The van der Waals surface area contributed by atoms with E-state index < -0.39 is 5.41 Å². The van der Waals surface area contributed by atoms with E-state index in [4.69, 9.17) is 9.47 Å². The lowest BCUT2D eigenvalue weighted by molar-refractivity contribution is -0.108. The molecule has 1 rings (SSSR count). The minimum atomic E-state index is -0.694. The van der Waals surface area contributed by atoms with Gasteiger partial charge in [-0.2, -0.15) is 5.26 Å². The zero-order valence-corrected chi connectivity index (χ0v) is 19.7. The van der Waals surface area contributed by atoms with Gasteiger partial charge in [0.25, 0.3) is 0 Å². The van der Waals surface area contributed by atoms with E-state index in [-0.39, 0.29) is 16.7 Å². The van der Waals surface area contributed by atoms with Crippen LogP contribution in [0.4, 0.5) is 0 Å². The molecule has 156 valence electrons. The summed E-state index contributed by atoms with van der Waals surface area (Å²) in [5, 5.41) is 11.1. The molecule has 0 N–H and O–H groups in total. The van der Waals surface area contributed by atoms with Gasteiger partial charge in [0.2, 0.25) is 0 Å². The fourth-order valence-corrected chi connectivity index (χ4v) is 4.51. The number of aldehydes is 1. The zero-order chi connectivity index (χ0) is 21.6. The molecule has 0 fully saturated rings. The standard InChI is InChI=1S/C23H36NO3P/c1-17(2)23(15-24,12-9-13-25)18-10-11-20(19(14-18)26-8)28-22(6,7)16-27-21(3,4)5/h10-11,13-14,17,28H,9,12,16H2,1-8H3. The number of rotatable bonds is 10. The van der Waals surface area contributed by atoms with Gasteiger partial charge >= 0.3 is 0 Å². The summed E-state index contributed by atoms with van der Waals surface area (Å²) in [6.45, 7) is 15.3. The van der Waals surface area contributed by atoms with Crippen LogP contribution in [0.2, 0.25) is 0 Å². The third-order valence-electron chi connectivity index (χ3n) is 4.90. The second-order valence-electron chi connectivity index (χ2n) is 9.27. The molecule has 0 aliphatic heterocycles. The van der Waals surface area contributed by atoms with Gasteiger partial charge in [0.15, 0.2) is 0 Å². The van der Waals surface area contributed by atoms with Gasteiger partial charge < -0.3 is 14.3 Å². The Morgan fingerprint density at radius 2 is 1.86 bits per heavy atom. The smallest absolute Gasteiger partial charge is 0.126 e. The Bertz CT molecular complexity index is 701. The van der Waals surface area contributed by atoms with Gasteiger partial charge in [0.05, 0.1) is 30.8 Å².